The van der Waals surface area contributed by atoms with Gasteiger partial charge in [0.25, 0.3) is 0 Å². The lowest BCUT2D eigenvalue weighted by Crippen LogP contribution is -2.15. The second kappa shape index (κ2) is 6.38. The lowest BCUT2D eigenvalue weighted by molar-refractivity contribution is 0.400. The molecule has 102 valence electrons. The van der Waals surface area contributed by atoms with E-state index in [9.17, 15) is 0 Å². The molecule has 0 saturated heterocycles. The number of hydrogen-bond donors (Lipinski definition) is 1. The summed E-state index contributed by atoms with van der Waals surface area (Å²) in [6.07, 6.45) is 4.74. The molecule has 0 saturated carbocycles. The third-order valence-electron chi connectivity index (χ3n) is 3.34. The SMILES string of the molecule is COc1cnn(C)c1C(N)CCCc1ccccc1. The van der Waals surface area contributed by atoms with Crippen LogP contribution in [0.2, 0.25) is 0 Å². The Hall–Kier alpha value is -1.81. The van der Waals surface area contributed by atoms with Gasteiger partial charge in [-0.05, 0) is 24.8 Å². The van der Waals surface area contributed by atoms with Crippen molar-refractivity contribution in [2.24, 2.45) is 12.8 Å². The highest BCUT2D eigenvalue weighted by Gasteiger charge is 2.16. The normalized spacial score (nSPS) is 12.4. The molecule has 1 aromatic carbocycles. The summed E-state index contributed by atoms with van der Waals surface area (Å²) in [7, 11) is 3.55. The quantitative estimate of drug-likeness (QED) is 0.867. The maximum Gasteiger partial charge on any atom is 0.161 e. The molecular weight excluding hydrogens is 238 g/mol. The van der Waals surface area contributed by atoms with E-state index in [-0.39, 0.29) is 6.04 Å². The highest BCUT2D eigenvalue weighted by atomic mass is 16.5. The molecule has 0 radical (unpaired) electrons. The van der Waals surface area contributed by atoms with E-state index in [1.165, 1.54) is 5.56 Å². The number of nitrogens with two attached hydrogens (primary N) is 1. The molecule has 0 fully saturated rings. The van der Waals surface area contributed by atoms with Gasteiger partial charge in [0, 0.05) is 7.05 Å². The van der Waals surface area contributed by atoms with Crippen LogP contribution in [0.3, 0.4) is 0 Å². The highest BCUT2D eigenvalue weighted by molar-refractivity contribution is 5.27. The predicted octanol–water partition coefficient (Wildman–Crippen LogP) is 2.45. The van der Waals surface area contributed by atoms with Crippen LogP contribution < -0.4 is 10.5 Å². The standard InChI is InChI=1S/C15H21N3O/c1-18-15(14(19-2)11-17-18)13(16)10-6-9-12-7-4-3-5-8-12/h3-5,7-8,11,13H,6,9-10,16H2,1-2H3. The van der Waals surface area contributed by atoms with Gasteiger partial charge in [-0.2, -0.15) is 5.10 Å². The number of hydrogen-bond acceptors (Lipinski definition) is 3. The molecule has 0 amide bonds. The van der Waals surface area contributed by atoms with Crippen molar-refractivity contribution >= 4 is 0 Å². The third kappa shape index (κ3) is 3.35. The van der Waals surface area contributed by atoms with Gasteiger partial charge >= 0.3 is 0 Å². The second-order valence-corrected chi connectivity index (χ2v) is 4.71. The van der Waals surface area contributed by atoms with Crippen LogP contribution in [0.25, 0.3) is 0 Å². The first-order chi connectivity index (χ1) is 9.22. The van der Waals surface area contributed by atoms with Gasteiger partial charge in [-0.1, -0.05) is 30.3 Å². The summed E-state index contributed by atoms with van der Waals surface area (Å²) in [5.74, 6) is 0.773. The maximum atomic E-state index is 6.24. The lowest BCUT2D eigenvalue weighted by Gasteiger charge is -2.13. The fraction of sp³-hybridized carbons (Fsp3) is 0.400. The van der Waals surface area contributed by atoms with Gasteiger partial charge in [-0.25, -0.2) is 0 Å². The molecule has 1 heterocycles. The van der Waals surface area contributed by atoms with Crippen LogP contribution in [0.5, 0.6) is 5.75 Å². The largest absolute Gasteiger partial charge is 0.493 e. The minimum Gasteiger partial charge on any atom is -0.493 e. The molecular formula is C15H21N3O. The van der Waals surface area contributed by atoms with Gasteiger partial charge in [0.2, 0.25) is 0 Å². The van der Waals surface area contributed by atoms with E-state index in [0.717, 1.165) is 30.7 Å². The molecule has 0 spiro atoms. The molecule has 4 heteroatoms. The van der Waals surface area contributed by atoms with E-state index in [1.54, 1.807) is 18.0 Å². The zero-order valence-corrected chi connectivity index (χ0v) is 11.5. The van der Waals surface area contributed by atoms with E-state index >= 15 is 0 Å². The van der Waals surface area contributed by atoms with Crippen LogP contribution in [0, 0.1) is 0 Å². The van der Waals surface area contributed by atoms with E-state index < -0.39 is 0 Å². The highest BCUT2D eigenvalue weighted by Crippen LogP contribution is 2.25. The summed E-state index contributed by atoms with van der Waals surface area (Å²) in [6, 6.07) is 10.4. The molecule has 0 aliphatic heterocycles. The molecule has 2 rings (SSSR count). The monoisotopic (exact) mass is 259 g/mol. The second-order valence-electron chi connectivity index (χ2n) is 4.71. The summed E-state index contributed by atoms with van der Waals surface area (Å²) >= 11 is 0. The number of ether oxygens (including phenoxy) is 1. The Morgan fingerprint density at radius 2 is 2.05 bits per heavy atom. The summed E-state index contributed by atoms with van der Waals surface area (Å²) in [5, 5.41) is 4.19. The van der Waals surface area contributed by atoms with E-state index in [4.69, 9.17) is 10.5 Å². The van der Waals surface area contributed by atoms with Gasteiger partial charge < -0.3 is 10.5 Å². The van der Waals surface area contributed by atoms with Crippen LogP contribution in [-0.2, 0) is 13.5 Å². The zero-order chi connectivity index (χ0) is 13.7. The molecule has 0 aliphatic rings. The number of nitrogens with zero attached hydrogens (tertiary/aromatic N) is 2. The summed E-state index contributed by atoms with van der Waals surface area (Å²) in [4.78, 5) is 0. The Balaban J connectivity index is 1.91. The Morgan fingerprint density at radius 1 is 1.32 bits per heavy atom. The molecule has 0 bridgehead atoms. The number of aryl methyl sites for hydroxylation is 2. The maximum absolute atomic E-state index is 6.24. The average Bonchev–Trinajstić information content (AvgIpc) is 2.81. The zero-order valence-electron chi connectivity index (χ0n) is 11.5. The van der Waals surface area contributed by atoms with Crippen molar-refractivity contribution < 1.29 is 4.74 Å². The minimum atomic E-state index is -0.0360. The molecule has 1 aromatic heterocycles. The summed E-state index contributed by atoms with van der Waals surface area (Å²) in [6.45, 7) is 0. The van der Waals surface area contributed by atoms with Crippen LogP contribution >= 0.6 is 0 Å². The molecule has 1 unspecified atom stereocenters. The Labute approximate surface area is 114 Å². The van der Waals surface area contributed by atoms with Gasteiger partial charge in [0.1, 0.15) is 0 Å². The Bertz CT molecular complexity index is 507. The fourth-order valence-corrected chi connectivity index (χ4v) is 2.31. The molecule has 4 nitrogen and oxygen atoms in total. The number of rotatable bonds is 6. The van der Waals surface area contributed by atoms with Gasteiger partial charge in [-0.3, -0.25) is 4.68 Å². The van der Waals surface area contributed by atoms with Crippen molar-refractivity contribution in [3.63, 3.8) is 0 Å². The molecule has 0 aliphatic carbocycles. The average molecular weight is 259 g/mol. The van der Waals surface area contributed by atoms with Gasteiger partial charge in [0.05, 0.1) is 25.0 Å². The van der Waals surface area contributed by atoms with Crippen LogP contribution in [0.1, 0.15) is 30.1 Å². The Kier molecular flexibility index (Phi) is 4.58. The molecule has 2 aromatic rings. The van der Waals surface area contributed by atoms with Crippen molar-refractivity contribution in [1.82, 2.24) is 9.78 Å². The Morgan fingerprint density at radius 3 is 2.74 bits per heavy atom. The first-order valence-electron chi connectivity index (χ1n) is 6.57. The first kappa shape index (κ1) is 13.6. The van der Waals surface area contributed by atoms with E-state index in [2.05, 4.69) is 29.4 Å². The van der Waals surface area contributed by atoms with Crippen molar-refractivity contribution in [3.8, 4) is 5.75 Å². The number of methoxy groups -OCH3 is 1. The van der Waals surface area contributed by atoms with Gasteiger partial charge in [0.15, 0.2) is 5.75 Å². The van der Waals surface area contributed by atoms with Crippen molar-refractivity contribution in [2.45, 2.75) is 25.3 Å². The van der Waals surface area contributed by atoms with E-state index in [0.29, 0.717) is 0 Å². The summed E-state index contributed by atoms with van der Waals surface area (Å²) < 4.78 is 7.09. The van der Waals surface area contributed by atoms with Crippen molar-refractivity contribution in [2.75, 3.05) is 7.11 Å². The topological polar surface area (TPSA) is 53.1 Å². The molecule has 1 atom stereocenters. The fourth-order valence-electron chi connectivity index (χ4n) is 2.31. The van der Waals surface area contributed by atoms with Crippen LogP contribution in [0.4, 0.5) is 0 Å². The smallest absolute Gasteiger partial charge is 0.161 e. The van der Waals surface area contributed by atoms with Crippen LogP contribution in [0.15, 0.2) is 36.5 Å². The minimum absolute atomic E-state index is 0.0360. The predicted molar refractivity (Wildman–Crippen MR) is 76.1 cm³/mol. The first-order valence-corrected chi connectivity index (χ1v) is 6.57. The van der Waals surface area contributed by atoms with Crippen LogP contribution in [-0.4, -0.2) is 16.9 Å². The summed E-state index contributed by atoms with van der Waals surface area (Å²) in [5.41, 5.74) is 8.56. The van der Waals surface area contributed by atoms with Crippen molar-refractivity contribution in [1.29, 1.82) is 0 Å². The third-order valence-corrected chi connectivity index (χ3v) is 3.34. The van der Waals surface area contributed by atoms with Gasteiger partial charge in [-0.15, -0.1) is 0 Å². The lowest BCUT2D eigenvalue weighted by atomic mass is 10.0. The van der Waals surface area contributed by atoms with E-state index in [1.807, 2.05) is 13.1 Å². The number of benzene rings is 1. The molecule has 2 N–H and O–H groups in total. The van der Waals surface area contributed by atoms with Crippen molar-refractivity contribution in [3.05, 3.63) is 47.8 Å². The molecule has 19 heavy (non-hydrogen) atoms. The number of aromatic nitrogens is 2.